The molecule has 1 aliphatic heterocycles. The van der Waals surface area contributed by atoms with Gasteiger partial charge < -0.3 is 5.32 Å². The number of hydrogen-bond acceptors (Lipinski definition) is 2. The third-order valence-electron chi connectivity index (χ3n) is 4.39. The summed E-state index contributed by atoms with van der Waals surface area (Å²) >= 11 is 1.92. The molecule has 2 fully saturated rings. The molecule has 3 heteroatoms. The molecule has 0 aromatic rings. The van der Waals surface area contributed by atoms with Gasteiger partial charge in [0.05, 0.1) is 6.04 Å². The van der Waals surface area contributed by atoms with E-state index in [9.17, 15) is 0 Å². The van der Waals surface area contributed by atoms with Crippen molar-refractivity contribution in [2.45, 2.75) is 70.9 Å². The number of amidine groups is 1. The Morgan fingerprint density at radius 1 is 1.35 bits per heavy atom. The van der Waals surface area contributed by atoms with Crippen LogP contribution >= 0.6 is 11.8 Å². The Hall–Kier alpha value is -0.180. The molecule has 0 spiro atoms. The zero-order valence-electron chi connectivity index (χ0n) is 11.5. The molecule has 0 aromatic heterocycles. The van der Waals surface area contributed by atoms with Gasteiger partial charge in [-0.1, -0.05) is 44.9 Å². The van der Waals surface area contributed by atoms with Gasteiger partial charge in [-0.2, -0.15) is 0 Å². The molecule has 2 rings (SSSR count). The Morgan fingerprint density at radius 2 is 2.12 bits per heavy atom. The Balaban J connectivity index is 1.99. The molecule has 0 aromatic carbocycles. The Labute approximate surface area is 110 Å². The van der Waals surface area contributed by atoms with Crippen LogP contribution in [0.15, 0.2) is 4.99 Å². The maximum Gasteiger partial charge on any atom is 0.157 e. The quantitative estimate of drug-likeness (QED) is 0.828. The molecule has 1 heterocycles. The van der Waals surface area contributed by atoms with Crippen molar-refractivity contribution >= 4 is 16.9 Å². The lowest BCUT2D eigenvalue weighted by Gasteiger charge is -2.28. The van der Waals surface area contributed by atoms with E-state index in [1.54, 1.807) is 0 Å². The summed E-state index contributed by atoms with van der Waals surface area (Å²) in [6.07, 6.45) is 7.93. The van der Waals surface area contributed by atoms with Crippen LogP contribution in [-0.2, 0) is 0 Å². The third kappa shape index (κ3) is 3.18. The molecule has 0 amide bonds. The Kier molecular flexibility index (Phi) is 4.40. The third-order valence-corrected chi connectivity index (χ3v) is 5.66. The van der Waals surface area contributed by atoms with Gasteiger partial charge in [0.15, 0.2) is 5.17 Å². The minimum Gasteiger partial charge on any atom is -0.359 e. The van der Waals surface area contributed by atoms with Crippen LogP contribution in [0.2, 0.25) is 0 Å². The number of hydrogen-bond donors (Lipinski definition) is 1. The maximum atomic E-state index is 5.00. The number of aliphatic imine (C=N–C) groups is 1. The highest BCUT2D eigenvalue weighted by Crippen LogP contribution is 2.32. The van der Waals surface area contributed by atoms with Crippen molar-refractivity contribution in [2.24, 2.45) is 10.9 Å². The lowest BCUT2D eigenvalue weighted by Crippen LogP contribution is -2.40. The first-order valence-corrected chi connectivity index (χ1v) is 8.14. The summed E-state index contributed by atoms with van der Waals surface area (Å²) < 4.78 is 0. The van der Waals surface area contributed by atoms with Crippen molar-refractivity contribution < 1.29 is 0 Å². The minimum absolute atomic E-state index is 0.278. The van der Waals surface area contributed by atoms with Crippen molar-refractivity contribution in [2.75, 3.05) is 5.75 Å². The molecule has 3 atom stereocenters. The van der Waals surface area contributed by atoms with Crippen LogP contribution in [0.5, 0.6) is 0 Å². The van der Waals surface area contributed by atoms with Crippen LogP contribution in [0.3, 0.4) is 0 Å². The fourth-order valence-corrected chi connectivity index (χ4v) is 4.06. The molecular weight excluding hydrogens is 228 g/mol. The molecular formula is C14H26N2S. The molecule has 1 aliphatic carbocycles. The molecule has 0 bridgehead atoms. The predicted molar refractivity (Wildman–Crippen MR) is 77.8 cm³/mol. The van der Waals surface area contributed by atoms with Gasteiger partial charge in [-0.15, -0.1) is 0 Å². The van der Waals surface area contributed by atoms with E-state index in [2.05, 4.69) is 26.1 Å². The van der Waals surface area contributed by atoms with Crippen molar-refractivity contribution in [3.8, 4) is 0 Å². The lowest BCUT2D eigenvalue weighted by molar-refractivity contribution is 0.301. The van der Waals surface area contributed by atoms with Gasteiger partial charge in [0, 0.05) is 11.3 Å². The van der Waals surface area contributed by atoms with Crippen molar-refractivity contribution in [1.29, 1.82) is 0 Å². The molecule has 17 heavy (non-hydrogen) atoms. The van der Waals surface area contributed by atoms with E-state index in [0.717, 1.165) is 5.92 Å². The highest BCUT2D eigenvalue weighted by molar-refractivity contribution is 8.14. The minimum atomic E-state index is 0.278. The summed E-state index contributed by atoms with van der Waals surface area (Å²) in [6, 6.07) is 0.586. The van der Waals surface area contributed by atoms with Gasteiger partial charge in [0.2, 0.25) is 0 Å². The maximum absolute atomic E-state index is 5.00. The Morgan fingerprint density at radius 3 is 2.76 bits per heavy atom. The van der Waals surface area contributed by atoms with Crippen LogP contribution in [0.4, 0.5) is 0 Å². The summed E-state index contributed by atoms with van der Waals surface area (Å²) in [5.41, 5.74) is 0.278. The van der Waals surface area contributed by atoms with Crippen LogP contribution in [0.1, 0.15) is 59.3 Å². The van der Waals surface area contributed by atoms with E-state index in [1.165, 1.54) is 49.4 Å². The monoisotopic (exact) mass is 254 g/mol. The van der Waals surface area contributed by atoms with Gasteiger partial charge in [0.1, 0.15) is 0 Å². The summed E-state index contributed by atoms with van der Waals surface area (Å²) in [5, 5.41) is 4.83. The van der Waals surface area contributed by atoms with Crippen LogP contribution < -0.4 is 5.32 Å². The second-order valence-corrected chi connectivity index (χ2v) is 6.75. The molecule has 3 unspecified atom stereocenters. The molecule has 1 saturated carbocycles. The smallest absolute Gasteiger partial charge is 0.157 e. The summed E-state index contributed by atoms with van der Waals surface area (Å²) in [4.78, 5) is 5.00. The standard InChI is InChI=1S/C14H26N2S/c1-4-11-8-6-7-9-12(11)15-13-16-14(3,5-2)10-17-13/h11-12H,4-10H2,1-3H3,(H,15,16). The zero-order chi connectivity index (χ0) is 12.3. The summed E-state index contributed by atoms with van der Waals surface area (Å²) in [6.45, 7) is 6.88. The lowest BCUT2D eigenvalue weighted by atomic mass is 9.83. The van der Waals surface area contributed by atoms with Crippen molar-refractivity contribution in [3.63, 3.8) is 0 Å². The predicted octanol–water partition coefficient (Wildman–Crippen LogP) is 3.82. The van der Waals surface area contributed by atoms with Crippen LogP contribution in [0.25, 0.3) is 0 Å². The van der Waals surface area contributed by atoms with Crippen LogP contribution in [-0.4, -0.2) is 22.5 Å². The average molecular weight is 254 g/mol. The fraction of sp³-hybridized carbons (Fsp3) is 0.929. The van der Waals surface area contributed by atoms with Crippen LogP contribution in [0, 0.1) is 5.92 Å². The molecule has 98 valence electrons. The topological polar surface area (TPSA) is 24.4 Å². The van der Waals surface area contributed by atoms with E-state index in [-0.39, 0.29) is 5.54 Å². The fourth-order valence-electron chi connectivity index (χ4n) is 2.80. The number of rotatable bonds is 3. The Bertz CT molecular complexity index is 290. The van der Waals surface area contributed by atoms with Gasteiger partial charge in [0.25, 0.3) is 0 Å². The van der Waals surface area contributed by atoms with Crippen molar-refractivity contribution in [1.82, 2.24) is 5.32 Å². The number of thioether (sulfide) groups is 1. The van der Waals surface area contributed by atoms with E-state index in [0.29, 0.717) is 6.04 Å². The van der Waals surface area contributed by atoms with Gasteiger partial charge in [-0.05, 0) is 32.1 Å². The van der Waals surface area contributed by atoms with E-state index >= 15 is 0 Å². The molecule has 0 radical (unpaired) electrons. The number of nitrogens with zero attached hydrogens (tertiary/aromatic N) is 1. The molecule has 2 nitrogen and oxygen atoms in total. The normalized spacial score (nSPS) is 40.5. The molecule has 2 aliphatic rings. The SMILES string of the molecule is CCC1CCCCC1N=C1NC(C)(CC)CS1. The van der Waals surface area contributed by atoms with Gasteiger partial charge >= 0.3 is 0 Å². The van der Waals surface area contributed by atoms with E-state index in [4.69, 9.17) is 4.99 Å². The van der Waals surface area contributed by atoms with E-state index in [1.807, 2.05) is 11.8 Å². The zero-order valence-corrected chi connectivity index (χ0v) is 12.3. The van der Waals surface area contributed by atoms with Gasteiger partial charge in [-0.3, -0.25) is 4.99 Å². The van der Waals surface area contributed by atoms with Gasteiger partial charge in [-0.25, -0.2) is 0 Å². The highest BCUT2D eigenvalue weighted by Gasteiger charge is 2.32. The summed E-state index contributed by atoms with van der Waals surface area (Å²) in [5.74, 6) is 2.00. The average Bonchev–Trinajstić information content (AvgIpc) is 2.73. The molecule has 1 saturated heterocycles. The number of nitrogens with one attached hydrogen (secondary N) is 1. The largest absolute Gasteiger partial charge is 0.359 e. The first-order chi connectivity index (χ1) is 8.17. The molecule has 1 N–H and O–H groups in total. The second-order valence-electron chi connectivity index (χ2n) is 5.78. The first kappa shape index (κ1) is 13.3. The van der Waals surface area contributed by atoms with Crippen molar-refractivity contribution in [3.05, 3.63) is 0 Å². The summed E-state index contributed by atoms with van der Waals surface area (Å²) in [7, 11) is 0. The van der Waals surface area contributed by atoms with E-state index < -0.39 is 0 Å². The first-order valence-electron chi connectivity index (χ1n) is 7.15. The second kappa shape index (κ2) is 5.64. The highest BCUT2D eigenvalue weighted by atomic mass is 32.2.